The second-order valence-electron chi connectivity index (χ2n) is 3.56. The third-order valence-corrected chi connectivity index (χ3v) is 2.26. The highest BCUT2D eigenvalue weighted by molar-refractivity contribution is 5.77. The Morgan fingerprint density at radius 2 is 2.21 bits per heavy atom. The number of hydrogen-bond acceptors (Lipinski definition) is 2. The maximum atomic E-state index is 8.78. The Labute approximate surface area is 82.6 Å². The Bertz CT molecular complexity index is 503. The van der Waals surface area contributed by atoms with Crippen LogP contribution in [0, 0.1) is 11.3 Å². The van der Waals surface area contributed by atoms with Crippen molar-refractivity contribution in [3.63, 3.8) is 0 Å². The molecule has 0 spiro atoms. The van der Waals surface area contributed by atoms with E-state index in [1.807, 2.05) is 18.5 Å². The van der Waals surface area contributed by atoms with Gasteiger partial charge in [0.05, 0.1) is 29.0 Å². The summed E-state index contributed by atoms with van der Waals surface area (Å²) in [6, 6.07) is 8.05. The molecule has 3 heteroatoms. The van der Waals surface area contributed by atoms with E-state index in [1.165, 1.54) is 0 Å². The molecule has 2 aromatic rings. The summed E-state index contributed by atoms with van der Waals surface area (Å²) in [6.45, 7) is 4.19. The summed E-state index contributed by atoms with van der Waals surface area (Å²) in [6.07, 6.45) is 1.82. The first-order chi connectivity index (χ1) is 6.72. The van der Waals surface area contributed by atoms with Crippen LogP contribution in [-0.2, 0) is 0 Å². The standard InChI is InChI=1S/C11H11N3/c1-8(2)14-7-13-10-4-3-9(6-12)5-11(10)14/h3-5,7-8H,1-2H3. The molecule has 1 aromatic carbocycles. The minimum absolute atomic E-state index is 0.369. The van der Waals surface area contributed by atoms with Crippen molar-refractivity contribution in [1.29, 1.82) is 5.26 Å². The molecule has 0 saturated heterocycles. The van der Waals surface area contributed by atoms with Crippen molar-refractivity contribution in [3.8, 4) is 6.07 Å². The van der Waals surface area contributed by atoms with Crippen LogP contribution < -0.4 is 0 Å². The van der Waals surface area contributed by atoms with E-state index in [0.717, 1.165) is 11.0 Å². The molecule has 0 fully saturated rings. The maximum absolute atomic E-state index is 8.78. The van der Waals surface area contributed by atoms with Crippen LogP contribution in [-0.4, -0.2) is 9.55 Å². The number of benzene rings is 1. The number of hydrogen-bond donors (Lipinski definition) is 0. The van der Waals surface area contributed by atoms with Gasteiger partial charge in [-0.25, -0.2) is 4.98 Å². The van der Waals surface area contributed by atoms with E-state index in [9.17, 15) is 0 Å². The highest BCUT2D eigenvalue weighted by Gasteiger charge is 2.05. The quantitative estimate of drug-likeness (QED) is 0.684. The molecule has 0 unspecified atom stereocenters. The van der Waals surface area contributed by atoms with Gasteiger partial charge < -0.3 is 4.57 Å². The number of nitrogens with zero attached hydrogens (tertiary/aromatic N) is 3. The first kappa shape index (κ1) is 8.76. The molecule has 0 amide bonds. The molecule has 0 bridgehead atoms. The Morgan fingerprint density at radius 1 is 1.43 bits per heavy atom. The summed E-state index contributed by atoms with van der Waals surface area (Å²) in [5.74, 6) is 0. The predicted molar refractivity (Wildman–Crippen MR) is 54.8 cm³/mol. The topological polar surface area (TPSA) is 41.6 Å². The summed E-state index contributed by atoms with van der Waals surface area (Å²) < 4.78 is 2.07. The van der Waals surface area contributed by atoms with E-state index < -0.39 is 0 Å². The van der Waals surface area contributed by atoms with E-state index in [-0.39, 0.29) is 0 Å². The van der Waals surface area contributed by atoms with Gasteiger partial charge in [0.1, 0.15) is 0 Å². The van der Waals surface area contributed by atoms with Crippen LogP contribution in [0.5, 0.6) is 0 Å². The van der Waals surface area contributed by atoms with Crippen molar-refractivity contribution in [2.24, 2.45) is 0 Å². The zero-order valence-corrected chi connectivity index (χ0v) is 8.23. The molecule has 70 valence electrons. The van der Waals surface area contributed by atoms with Crippen molar-refractivity contribution in [3.05, 3.63) is 30.1 Å². The molecule has 0 atom stereocenters. The maximum Gasteiger partial charge on any atom is 0.0992 e. The molecule has 0 radical (unpaired) electrons. The molecular weight excluding hydrogens is 174 g/mol. The van der Waals surface area contributed by atoms with Gasteiger partial charge in [0.25, 0.3) is 0 Å². The summed E-state index contributed by atoms with van der Waals surface area (Å²) in [7, 11) is 0. The van der Waals surface area contributed by atoms with Gasteiger partial charge in [-0.15, -0.1) is 0 Å². The number of imidazole rings is 1. The zero-order valence-electron chi connectivity index (χ0n) is 8.23. The fraction of sp³-hybridized carbons (Fsp3) is 0.273. The van der Waals surface area contributed by atoms with Crippen molar-refractivity contribution in [2.75, 3.05) is 0 Å². The smallest absolute Gasteiger partial charge is 0.0992 e. The number of aromatic nitrogens is 2. The number of rotatable bonds is 1. The van der Waals surface area contributed by atoms with Crippen molar-refractivity contribution >= 4 is 11.0 Å². The van der Waals surface area contributed by atoms with Crippen molar-refractivity contribution < 1.29 is 0 Å². The second-order valence-corrected chi connectivity index (χ2v) is 3.56. The highest BCUT2D eigenvalue weighted by Crippen LogP contribution is 2.18. The molecule has 0 saturated carbocycles. The van der Waals surface area contributed by atoms with E-state index >= 15 is 0 Å². The van der Waals surface area contributed by atoms with E-state index in [2.05, 4.69) is 29.5 Å². The molecule has 2 rings (SSSR count). The molecule has 1 heterocycles. The molecule has 1 aromatic heterocycles. The van der Waals surface area contributed by atoms with Crippen molar-refractivity contribution in [1.82, 2.24) is 9.55 Å². The van der Waals surface area contributed by atoms with Crippen LogP contribution in [0.2, 0.25) is 0 Å². The van der Waals surface area contributed by atoms with Crippen molar-refractivity contribution in [2.45, 2.75) is 19.9 Å². The Morgan fingerprint density at radius 3 is 2.86 bits per heavy atom. The molecule has 14 heavy (non-hydrogen) atoms. The fourth-order valence-electron chi connectivity index (χ4n) is 1.51. The lowest BCUT2D eigenvalue weighted by Gasteiger charge is -2.07. The van der Waals surface area contributed by atoms with E-state index in [1.54, 1.807) is 6.07 Å². The van der Waals surface area contributed by atoms with Gasteiger partial charge in [-0.05, 0) is 32.0 Å². The molecular formula is C11H11N3. The SMILES string of the molecule is CC(C)n1cnc2ccc(C#N)cc21. The Hall–Kier alpha value is -1.82. The van der Waals surface area contributed by atoms with Gasteiger partial charge in [0.2, 0.25) is 0 Å². The van der Waals surface area contributed by atoms with E-state index in [4.69, 9.17) is 5.26 Å². The van der Waals surface area contributed by atoms with Crippen LogP contribution in [0.15, 0.2) is 24.5 Å². The van der Waals surface area contributed by atoms with Gasteiger partial charge in [-0.2, -0.15) is 5.26 Å². The predicted octanol–water partition coefficient (Wildman–Crippen LogP) is 2.49. The summed E-state index contributed by atoms with van der Waals surface area (Å²) in [5, 5.41) is 8.78. The molecule has 0 aliphatic rings. The average Bonchev–Trinajstić information content (AvgIpc) is 2.59. The van der Waals surface area contributed by atoms with Crippen LogP contribution >= 0.6 is 0 Å². The fourth-order valence-corrected chi connectivity index (χ4v) is 1.51. The third kappa shape index (κ3) is 1.25. The van der Waals surface area contributed by atoms with Crippen LogP contribution in [0.3, 0.4) is 0 Å². The normalized spacial score (nSPS) is 10.7. The minimum Gasteiger partial charge on any atom is -0.328 e. The zero-order chi connectivity index (χ0) is 10.1. The molecule has 3 nitrogen and oxygen atoms in total. The summed E-state index contributed by atoms with van der Waals surface area (Å²) in [5.41, 5.74) is 2.65. The minimum atomic E-state index is 0.369. The lowest BCUT2D eigenvalue weighted by atomic mass is 10.2. The number of fused-ring (bicyclic) bond motifs is 1. The average molecular weight is 185 g/mol. The second kappa shape index (κ2) is 3.15. The molecule has 0 aliphatic carbocycles. The van der Waals surface area contributed by atoms with Gasteiger partial charge in [-0.3, -0.25) is 0 Å². The van der Waals surface area contributed by atoms with E-state index in [0.29, 0.717) is 11.6 Å². The van der Waals surface area contributed by atoms with Crippen LogP contribution in [0.1, 0.15) is 25.5 Å². The molecule has 0 N–H and O–H groups in total. The lowest BCUT2D eigenvalue weighted by Crippen LogP contribution is -1.97. The van der Waals surface area contributed by atoms with Gasteiger partial charge in [0.15, 0.2) is 0 Å². The largest absolute Gasteiger partial charge is 0.328 e. The van der Waals surface area contributed by atoms with Crippen LogP contribution in [0.25, 0.3) is 11.0 Å². The third-order valence-electron chi connectivity index (χ3n) is 2.26. The Kier molecular flexibility index (Phi) is 1.97. The molecule has 0 aliphatic heterocycles. The number of nitriles is 1. The summed E-state index contributed by atoms with van der Waals surface area (Å²) >= 11 is 0. The van der Waals surface area contributed by atoms with Gasteiger partial charge in [0, 0.05) is 6.04 Å². The highest BCUT2D eigenvalue weighted by atomic mass is 15.1. The Balaban J connectivity index is 2.71. The summed E-state index contributed by atoms with van der Waals surface area (Å²) in [4.78, 5) is 4.27. The van der Waals surface area contributed by atoms with Gasteiger partial charge in [-0.1, -0.05) is 0 Å². The lowest BCUT2D eigenvalue weighted by molar-refractivity contribution is 0.617. The monoisotopic (exact) mass is 185 g/mol. The first-order valence-electron chi connectivity index (χ1n) is 4.59. The van der Waals surface area contributed by atoms with Crippen LogP contribution in [0.4, 0.5) is 0 Å². The first-order valence-corrected chi connectivity index (χ1v) is 4.59. The van der Waals surface area contributed by atoms with Gasteiger partial charge >= 0.3 is 0 Å².